The standard InChI is InChI=1S/C11H14BrNO3/c1-16-10-3-2-9(12)6-8(10)7-13-5-4-11(14)15/h2-3,6,13H,4-5,7H2,1H3,(H,14,15). The number of hydrogen-bond donors (Lipinski definition) is 2. The van der Waals surface area contributed by atoms with Crippen LogP contribution in [0.3, 0.4) is 0 Å². The molecule has 1 aromatic rings. The van der Waals surface area contributed by atoms with Crippen LogP contribution in [0.5, 0.6) is 5.75 Å². The van der Waals surface area contributed by atoms with E-state index in [1.54, 1.807) is 7.11 Å². The molecular formula is C11H14BrNO3. The van der Waals surface area contributed by atoms with Gasteiger partial charge in [-0.25, -0.2) is 0 Å². The van der Waals surface area contributed by atoms with Gasteiger partial charge in [0.2, 0.25) is 0 Å². The number of halogens is 1. The van der Waals surface area contributed by atoms with Crippen LogP contribution in [-0.4, -0.2) is 24.7 Å². The van der Waals surface area contributed by atoms with Gasteiger partial charge < -0.3 is 15.2 Å². The zero-order chi connectivity index (χ0) is 12.0. The van der Waals surface area contributed by atoms with Crippen LogP contribution in [0, 0.1) is 0 Å². The number of carboxylic acids is 1. The summed E-state index contributed by atoms with van der Waals surface area (Å²) in [7, 11) is 1.62. The molecule has 0 saturated heterocycles. The number of benzene rings is 1. The maximum atomic E-state index is 10.3. The second-order valence-corrected chi connectivity index (χ2v) is 4.19. The zero-order valence-electron chi connectivity index (χ0n) is 9.00. The quantitative estimate of drug-likeness (QED) is 0.786. The van der Waals surface area contributed by atoms with E-state index in [0.29, 0.717) is 13.1 Å². The van der Waals surface area contributed by atoms with E-state index in [1.807, 2.05) is 18.2 Å². The van der Waals surface area contributed by atoms with Crippen LogP contribution in [-0.2, 0) is 11.3 Å². The Morgan fingerprint density at radius 3 is 2.94 bits per heavy atom. The molecule has 0 spiro atoms. The second kappa shape index (κ2) is 6.50. The molecule has 0 aliphatic heterocycles. The molecule has 1 aromatic carbocycles. The van der Waals surface area contributed by atoms with E-state index in [1.165, 1.54) is 0 Å². The second-order valence-electron chi connectivity index (χ2n) is 3.28. The van der Waals surface area contributed by atoms with Gasteiger partial charge in [-0.1, -0.05) is 15.9 Å². The van der Waals surface area contributed by atoms with Gasteiger partial charge in [-0.3, -0.25) is 4.79 Å². The minimum Gasteiger partial charge on any atom is -0.496 e. The number of hydrogen-bond acceptors (Lipinski definition) is 3. The molecule has 0 fully saturated rings. The molecule has 0 aromatic heterocycles. The summed E-state index contributed by atoms with van der Waals surface area (Å²) in [6.45, 7) is 1.04. The number of ether oxygens (including phenoxy) is 1. The first-order valence-corrected chi connectivity index (χ1v) is 5.67. The normalized spacial score (nSPS) is 10.1. The average molecular weight is 288 g/mol. The van der Waals surface area contributed by atoms with E-state index in [2.05, 4.69) is 21.2 Å². The topological polar surface area (TPSA) is 58.6 Å². The predicted octanol–water partition coefficient (Wildman–Crippen LogP) is 2.02. The van der Waals surface area contributed by atoms with Gasteiger partial charge in [-0.15, -0.1) is 0 Å². The molecule has 0 unspecified atom stereocenters. The molecule has 2 N–H and O–H groups in total. The van der Waals surface area contributed by atoms with Crippen LogP contribution in [0.2, 0.25) is 0 Å². The highest BCUT2D eigenvalue weighted by molar-refractivity contribution is 9.10. The lowest BCUT2D eigenvalue weighted by atomic mass is 10.2. The summed E-state index contributed by atoms with van der Waals surface area (Å²) in [5.74, 6) is -0.000248. The van der Waals surface area contributed by atoms with Gasteiger partial charge in [0.15, 0.2) is 0 Å². The number of carboxylic acid groups (broad SMARTS) is 1. The van der Waals surface area contributed by atoms with Gasteiger partial charge in [0, 0.05) is 23.1 Å². The number of methoxy groups -OCH3 is 1. The molecule has 0 aliphatic carbocycles. The summed E-state index contributed by atoms with van der Waals surface area (Å²) in [6.07, 6.45) is 0.121. The van der Waals surface area contributed by atoms with E-state index >= 15 is 0 Å². The number of aliphatic carboxylic acids is 1. The third kappa shape index (κ3) is 4.20. The fourth-order valence-corrected chi connectivity index (χ4v) is 1.71. The Balaban J connectivity index is 2.51. The molecule has 1 rings (SSSR count). The highest BCUT2D eigenvalue weighted by atomic mass is 79.9. The molecular weight excluding hydrogens is 274 g/mol. The molecule has 0 heterocycles. The monoisotopic (exact) mass is 287 g/mol. The van der Waals surface area contributed by atoms with Crippen LogP contribution in [0.1, 0.15) is 12.0 Å². The zero-order valence-corrected chi connectivity index (χ0v) is 10.6. The third-order valence-electron chi connectivity index (χ3n) is 2.07. The summed E-state index contributed by atoms with van der Waals surface area (Å²) in [4.78, 5) is 10.3. The number of rotatable bonds is 6. The molecule has 0 atom stereocenters. The van der Waals surface area contributed by atoms with Gasteiger partial charge in [0.1, 0.15) is 5.75 Å². The first kappa shape index (κ1) is 13.0. The lowest BCUT2D eigenvalue weighted by Crippen LogP contribution is -2.18. The Morgan fingerprint density at radius 2 is 2.31 bits per heavy atom. The van der Waals surface area contributed by atoms with Crippen molar-refractivity contribution < 1.29 is 14.6 Å². The molecule has 4 nitrogen and oxygen atoms in total. The first-order chi connectivity index (χ1) is 7.63. The maximum Gasteiger partial charge on any atom is 0.304 e. The lowest BCUT2D eigenvalue weighted by Gasteiger charge is -2.09. The van der Waals surface area contributed by atoms with Gasteiger partial charge in [0.25, 0.3) is 0 Å². The average Bonchev–Trinajstić information content (AvgIpc) is 2.24. The Bertz CT molecular complexity index is 368. The van der Waals surface area contributed by atoms with Crippen molar-refractivity contribution in [2.24, 2.45) is 0 Å². The van der Waals surface area contributed by atoms with Crippen molar-refractivity contribution in [2.75, 3.05) is 13.7 Å². The van der Waals surface area contributed by atoms with Crippen LogP contribution in [0.25, 0.3) is 0 Å². The highest BCUT2D eigenvalue weighted by Crippen LogP contribution is 2.22. The van der Waals surface area contributed by atoms with Crippen LogP contribution < -0.4 is 10.1 Å². The maximum absolute atomic E-state index is 10.3. The summed E-state index contributed by atoms with van der Waals surface area (Å²) in [5.41, 5.74) is 1.00. The molecule has 0 bridgehead atoms. The molecule has 0 aliphatic rings. The lowest BCUT2D eigenvalue weighted by molar-refractivity contribution is -0.136. The SMILES string of the molecule is COc1ccc(Br)cc1CNCCC(=O)O. The Morgan fingerprint density at radius 1 is 1.56 bits per heavy atom. The largest absolute Gasteiger partial charge is 0.496 e. The van der Waals surface area contributed by atoms with Crippen molar-refractivity contribution in [1.82, 2.24) is 5.32 Å². The third-order valence-corrected chi connectivity index (χ3v) is 2.57. The highest BCUT2D eigenvalue weighted by Gasteiger charge is 2.03. The van der Waals surface area contributed by atoms with E-state index in [-0.39, 0.29) is 6.42 Å². The van der Waals surface area contributed by atoms with Crippen molar-refractivity contribution in [2.45, 2.75) is 13.0 Å². The Labute approximate surface area is 103 Å². The minimum absolute atomic E-state index is 0.121. The van der Waals surface area contributed by atoms with Crippen molar-refractivity contribution in [3.8, 4) is 5.75 Å². The van der Waals surface area contributed by atoms with Crippen LogP contribution in [0.15, 0.2) is 22.7 Å². The summed E-state index contributed by atoms with van der Waals surface area (Å²) in [5, 5.41) is 11.5. The molecule has 16 heavy (non-hydrogen) atoms. The Hall–Kier alpha value is -1.07. The summed E-state index contributed by atoms with van der Waals surface area (Å²) >= 11 is 3.38. The summed E-state index contributed by atoms with van der Waals surface area (Å²) < 4.78 is 6.18. The Kier molecular flexibility index (Phi) is 5.28. The number of carbonyl (C=O) groups is 1. The van der Waals surface area contributed by atoms with E-state index in [9.17, 15) is 4.79 Å². The molecule has 0 amide bonds. The van der Waals surface area contributed by atoms with Gasteiger partial charge >= 0.3 is 5.97 Å². The van der Waals surface area contributed by atoms with Gasteiger partial charge in [-0.2, -0.15) is 0 Å². The van der Waals surface area contributed by atoms with Crippen LogP contribution >= 0.6 is 15.9 Å². The van der Waals surface area contributed by atoms with Gasteiger partial charge in [-0.05, 0) is 18.2 Å². The predicted molar refractivity (Wildman–Crippen MR) is 64.7 cm³/mol. The molecule has 88 valence electrons. The first-order valence-electron chi connectivity index (χ1n) is 4.88. The minimum atomic E-state index is -0.797. The van der Waals surface area contributed by atoms with Crippen LogP contribution in [0.4, 0.5) is 0 Å². The summed E-state index contributed by atoms with van der Waals surface area (Å²) in [6, 6.07) is 5.73. The van der Waals surface area contributed by atoms with Crippen molar-refractivity contribution >= 4 is 21.9 Å². The fourth-order valence-electron chi connectivity index (χ4n) is 1.30. The van der Waals surface area contributed by atoms with Crippen molar-refractivity contribution in [3.63, 3.8) is 0 Å². The molecule has 5 heteroatoms. The van der Waals surface area contributed by atoms with Crippen molar-refractivity contribution in [3.05, 3.63) is 28.2 Å². The fraction of sp³-hybridized carbons (Fsp3) is 0.364. The molecule has 0 radical (unpaired) electrons. The smallest absolute Gasteiger partial charge is 0.304 e. The number of nitrogens with one attached hydrogen (secondary N) is 1. The van der Waals surface area contributed by atoms with Gasteiger partial charge in [0.05, 0.1) is 13.5 Å². The molecule has 0 saturated carbocycles. The van der Waals surface area contributed by atoms with E-state index in [0.717, 1.165) is 15.8 Å². The van der Waals surface area contributed by atoms with E-state index in [4.69, 9.17) is 9.84 Å². The van der Waals surface area contributed by atoms with Crippen molar-refractivity contribution in [1.29, 1.82) is 0 Å². The van der Waals surface area contributed by atoms with E-state index < -0.39 is 5.97 Å².